The zero-order valence-corrected chi connectivity index (χ0v) is 17.0. The first kappa shape index (κ1) is 19.9. The summed E-state index contributed by atoms with van der Waals surface area (Å²) in [5.74, 6) is -1.50. The predicted octanol–water partition coefficient (Wildman–Crippen LogP) is 5.56. The van der Waals surface area contributed by atoms with Gasteiger partial charge >= 0.3 is 0 Å². The lowest BCUT2D eigenvalue weighted by atomic mass is 10.1. The van der Waals surface area contributed by atoms with Gasteiger partial charge in [0.1, 0.15) is 17.3 Å². The topological polar surface area (TPSA) is 50.4 Å². The number of halogens is 2. The van der Waals surface area contributed by atoms with E-state index in [9.17, 15) is 13.9 Å². The van der Waals surface area contributed by atoms with Crippen molar-refractivity contribution in [1.29, 1.82) is 0 Å². The van der Waals surface area contributed by atoms with Gasteiger partial charge in [-0.15, -0.1) is 0 Å². The van der Waals surface area contributed by atoms with Crippen LogP contribution in [0, 0.1) is 11.6 Å². The van der Waals surface area contributed by atoms with Gasteiger partial charge in [-0.3, -0.25) is 4.40 Å². The van der Waals surface area contributed by atoms with Gasteiger partial charge in [0, 0.05) is 19.0 Å². The highest BCUT2D eigenvalue weighted by Crippen LogP contribution is 2.30. The highest BCUT2D eigenvalue weighted by Gasteiger charge is 2.20. The summed E-state index contributed by atoms with van der Waals surface area (Å²) >= 11 is 0. The Balaban J connectivity index is 1.70. The Morgan fingerprint density at radius 1 is 0.688 bits per heavy atom. The molecule has 5 rings (SSSR count). The molecule has 0 bridgehead atoms. The summed E-state index contributed by atoms with van der Waals surface area (Å²) in [6.07, 6.45) is 2.25. The van der Waals surface area contributed by atoms with Crippen molar-refractivity contribution in [2.75, 3.05) is 0 Å². The molecule has 0 saturated carbocycles. The van der Waals surface area contributed by atoms with E-state index in [4.69, 9.17) is 0 Å². The first-order valence-corrected chi connectivity index (χ1v) is 10.2. The molecule has 0 atom stereocenters. The number of rotatable bonds is 5. The van der Waals surface area contributed by atoms with Gasteiger partial charge < -0.3 is 5.11 Å². The van der Waals surface area contributed by atoms with E-state index >= 15 is 0 Å². The minimum absolute atomic E-state index is 0.0708. The molecule has 0 spiro atoms. The molecule has 0 radical (unpaired) electrons. The van der Waals surface area contributed by atoms with Gasteiger partial charge in [-0.05, 0) is 23.3 Å². The van der Waals surface area contributed by atoms with Gasteiger partial charge in [0.2, 0.25) is 5.88 Å². The van der Waals surface area contributed by atoms with E-state index in [1.807, 2.05) is 60.7 Å². The summed E-state index contributed by atoms with van der Waals surface area (Å²) < 4.78 is 30.5. The molecule has 0 unspecified atom stereocenters. The molecule has 0 aliphatic rings. The zero-order chi connectivity index (χ0) is 22.1. The van der Waals surface area contributed by atoms with Crippen molar-refractivity contribution in [1.82, 2.24) is 14.4 Å². The second-order valence-corrected chi connectivity index (χ2v) is 7.57. The molecule has 158 valence electrons. The fourth-order valence-electron chi connectivity index (χ4n) is 3.82. The largest absolute Gasteiger partial charge is 0.493 e. The maximum Gasteiger partial charge on any atom is 0.219 e. The fraction of sp³-hybridized carbons (Fsp3) is 0.0769. The SMILES string of the molecule is Oc1c(Cc2ccccc2)nc2c(Cc3ccccc3)nc(-c3c(F)cccc3F)cn12. The Hall–Kier alpha value is -4.06. The van der Waals surface area contributed by atoms with Crippen LogP contribution in [0.2, 0.25) is 0 Å². The maximum absolute atomic E-state index is 14.5. The molecule has 6 heteroatoms. The Morgan fingerprint density at radius 2 is 1.25 bits per heavy atom. The third-order valence-corrected chi connectivity index (χ3v) is 5.37. The monoisotopic (exact) mass is 427 g/mol. The molecule has 0 amide bonds. The molecule has 0 aliphatic carbocycles. The summed E-state index contributed by atoms with van der Waals surface area (Å²) in [5, 5.41) is 10.9. The summed E-state index contributed by atoms with van der Waals surface area (Å²) in [6.45, 7) is 0. The third kappa shape index (κ3) is 3.71. The Kier molecular flexibility index (Phi) is 5.11. The lowest BCUT2D eigenvalue weighted by molar-refractivity contribution is 0.442. The predicted molar refractivity (Wildman–Crippen MR) is 118 cm³/mol. The second-order valence-electron chi connectivity index (χ2n) is 7.57. The summed E-state index contributed by atoms with van der Waals surface area (Å²) in [5.41, 5.74) is 3.27. The average Bonchev–Trinajstić information content (AvgIpc) is 3.11. The smallest absolute Gasteiger partial charge is 0.219 e. The van der Waals surface area contributed by atoms with Crippen LogP contribution in [-0.2, 0) is 12.8 Å². The normalized spacial score (nSPS) is 11.2. The number of imidazole rings is 1. The van der Waals surface area contributed by atoms with E-state index in [-0.39, 0.29) is 17.1 Å². The number of aromatic nitrogens is 3. The summed E-state index contributed by atoms with van der Waals surface area (Å²) in [6, 6.07) is 23.0. The van der Waals surface area contributed by atoms with Crippen molar-refractivity contribution in [3.8, 4) is 17.1 Å². The first-order valence-electron chi connectivity index (χ1n) is 10.2. The maximum atomic E-state index is 14.5. The van der Waals surface area contributed by atoms with Gasteiger partial charge in [0.15, 0.2) is 5.65 Å². The van der Waals surface area contributed by atoms with Crippen molar-refractivity contribution in [3.63, 3.8) is 0 Å². The van der Waals surface area contributed by atoms with Crippen molar-refractivity contribution in [3.05, 3.63) is 119 Å². The molecule has 3 aromatic carbocycles. The van der Waals surface area contributed by atoms with E-state index in [0.717, 1.165) is 11.1 Å². The van der Waals surface area contributed by atoms with Gasteiger partial charge in [-0.2, -0.15) is 0 Å². The third-order valence-electron chi connectivity index (χ3n) is 5.37. The molecule has 4 nitrogen and oxygen atoms in total. The van der Waals surface area contributed by atoms with Gasteiger partial charge in [0.25, 0.3) is 0 Å². The molecule has 1 N–H and O–H groups in total. The number of hydrogen-bond donors (Lipinski definition) is 1. The molecule has 0 aliphatic heterocycles. The lowest BCUT2D eigenvalue weighted by Crippen LogP contribution is -2.02. The highest BCUT2D eigenvalue weighted by molar-refractivity contribution is 5.64. The average molecular weight is 427 g/mol. The van der Waals surface area contributed by atoms with Crippen molar-refractivity contribution in [2.45, 2.75) is 12.8 Å². The van der Waals surface area contributed by atoms with Gasteiger partial charge in [0.05, 0.1) is 17.0 Å². The number of hydrogen-bond acceptors (Lipinski definition) is 3. The van der Waals surface area contributed by atoms with Crippen molar-refractivity contribution < 1.29 is 13.9 Å². The van der Waals surface area contributed by atoms with Crippen LogP contribution >= 0.6 is 0 Å². The van der Waals surface area contributed by atoms with Crippen molar-refractivity contribution in [2.24, 2.45) is 0 Å². The van der Waals surface area contributed by atoms with E-state index in [2.05, 4.69) is 9.97 Å². The second kappa shape index (κ2) is 8.23. The van der Waals surface area contributed by atoms with Crippen LogP contribution < -0.4 is 0 Å². The van der Waals surface area contributed by atoms with E-state index in [1.54, 1.807) is 0 Å². The Bertz CT molecular complexity index is 1380. The van der Waals surface area contributed by atoms with Crippen LogP contribution in [0.15, 0.2) is 85.1 Å². The minimum atomic E-state index is -0.716. The minimum Gasteiger partial charge on any atom is -0.493 e. The van der Waals surface area contributed by atoms with Crippen LogP contribution in [-0.4, -0.2) is 19.5 Å². The summed E-state index contributed by atoms with van der Waals surface area (Å²) in [7, 11) is 0. The molecular weight excluding hydrogens is 408 g/mol. The number of nitrogens with zero attached hydrogens (tertiary/aromatic N) is 3. The molecule has 0 saturated heterocycles. The zero-order valence-electron chi connectivity index (χ0n) is 17.0. The van der Waals surface area contributed by atoms with E-state index in [1.165, 1.54) is 28.8 Å². The molecule has 2 aromatic heterocycles. The van der Waals surface area contributed by atoms with Crippen LogP contribution in [0.5, 0.6) is 5.88 Å². The van der Waals surface area contributed by atoms with Crippen molar-refractivity contribution >= 4 is 5.65 Å². The molecule has 5 aromatic rings. The number of fused-ring (bicyclic) bond motifs is 1. The Labute approximate surface area is 183 Å². The van der Waals surface area contributed by atoms with Crippen LogP contribution in [0.4, 0.5) is 8.78 Å². The van der Waals surface area contributed by atoms with Crippen LogP contribution in [0.3, 0.4) is 0 Å². The lowest BCUT2D eigenvalue weighted by Gasteiger charge is -2.10. The fourth-order valence-corrected chi connectivity index (χ4v) is 3.82. The van der Waals surface area contributed by atoms with Crippen LogP contribution in [0.1, 0.15) is 22.5 Å². The highest BCUT2D eigenvalue weighted by atomic mass is 19.1. The summed E-state index contributed by atoms with van der Waals surface area (Å²) in [4.78, 5) is 9.22. The Morgan fingerprint density at radius 3 is 1.84 bits per heavy atom. The standard InChI is InChI=1S/C26H19F2N3O/c27-19-12-7-13-20(28)24(19)23-16-31-25(21(29-23)14-17-8-3-1-4-9-17)30-22(26(31)32)15-18-10-5-2-6-11-18/h1-13,16,32H,14-15H2. The first-order chi connectivity index (χ1) is 15.6. The van der Waals surface area contributed by atoms with E-state index in [0.29, 0.717) is 29.9 Å². The molecule has 0 fully saturated rings. The van der Waals surface area contributed by atoms with Gasteiger partial charge in [-0.25, -0.2) is 18.7 Å². The van der Waals surface area contributed by atoms with E-state index < -0.39 is 11.6 Å². The van der Waals surface area contributed by atoms with Crippen LogP contribution in [0.25, 0.3) is 16.9 Å². The molecule has 32 heavy (non-hydrogen) atoms. The van der Waals surface area contributed by atoms with Gasteiger partial charge in [-0.1, -0.05) is 66.7 Å². The quantitative estimate of drug-likeness (QED) is 0.399. The number of aromatic hydroxyl groups is 1. The number of benzene rings is 3. The molecule has 2 heterocycles. The molecular formula is C26H19F2N3O.